The molecular weight excluding hydrogens is 248 g/mol. The SMILES string of the molecule is C=CC[C@]12C=C(C)[C@H](C[C@@H]1C=C)[C@@](O)(CCl)C2=O. The van der Waals surface area contributed by atoms with Gasteiger partial charge in [-0.25, -0.2) is 0 Å². The van der Waals surface area contributed by atoms with E-state index < -0.39 is 11.0 Å². The van der Waals surface area contributed by atoms with Crippen molar-refractivity contribution >= 4 is 17.4 Å². The second-order valence-corrected chi connectivity index (χ2v) is 5.71. The third-order valence-electron chi connectivity index (χ3n) is 4.55. The van der Waals surface area contributed by atoms with Crippen LogP contribution < -0.4 is 0 Å². The standard InChI is InChI=1S/C15H19ClO2/c1-4-6-14-8-10(3)12(7-11(14)5-2)15(18,9-16)13(14)17/h4-5,8,11-12,18H,1-2,6-7,9H2,3H3/t11-,12-,14-,15-/m0/s1. The number of Topliss-reactive ketones (excluding diaryl/α,β-unsaturated/α-hetero) is 1. The van der Waals surface area contributed by atoms with Crippen LogP contribution >= 0.6 is 11.6 Å². The van der Waals surface area contributed by atoms with E-state index in [1.807, 2.05) is 19.1 Å². The van der Waals surface area contributed by atoms with Crippen LogP contribution in [0, 0.1) is 17.3 Å². The average Bonchev–Trinajstić information content (AvgIpc) is 2.36. The van der Waals surface area contributed by atoms with Gasteiger partial charge in [0.15, 0.2) is 5.78 Å². The molecule has 2 nitrogen and oxygen atoms in total. The van der Waals surface area contributed by atoms with Crippen LogP contribution in [-0.4, -0.2) is 22.4 Å². The van der Waals surface area contributed by atoms with Crippen molar-refractivity contribution in [3.05, 3.63) is 37.0 Å². The number of rotatable bonds is 4. The Bertz CT molecular complexity index is 440. The summed E-state index contributed by atoms with van der Waals surface area (Å²) in [5.74, 6) is -0.348. The number of carbonyl (C=O) groups excluding carboxylic acids is 1. The molecule has 0 saturated heterocycles. The average molecular weight is 267 g/mol. The van der Waals surface area contributed by atoms with E-state index in [9.17, 15) is 9.90 Å². The number of ketones is 1. The molecule has 98 valence electrons. The lowest BCUT2D eigenvalue weighted by atomic mass is 9.50. The summed E-state index contributed by atoms with van der Waals surface area (Å²) in [6, 6.07) is 0. The third kappa shape index (κ3) is 1.49. The minimum atomic E-state index is -1.43. The van der Waals surface area contributed by atoms with E-state index in [-0.39, 0.29) is 23.5 Å². The van der Waals surface area contributed by atoms with Crippen LogP contribution in [0.5, 0.6) is 0 Å². The normalized spacial score (nSPS) is 42.6. The smallest absolute Gasteiger partial charge is 0.176 e. The molecule has 0 radical (unpaired) electrons. The van der Waals surface area contributed by atoms with Gasteiger partial charge in [-0.05, 0) is 25.7 Å². The first-order valence-electron chi connectivity index (χ1n) is 6.22. The molecule has 3 rings (SSSR count). The number of hydrogen-bond acceptors (Lipinski definition) is 2. The molecule has 0 aliphatic heterocycles. The van der Waals surface area contributed by atoms with Crippen LogP contribution in [0.25, 0.3) is 0 Å². The van der Waals surface area contributed by atoms with E-state index in [0.29, 0.717) is 6.42 Å². The Morgan fingerprint density at radius 2 is 2.28 bits per heavy atom. The molecule has 0 spiro atoms. The Morgan fingerprint density at radius 3 is 2.78 bits per heavy atom. The number of aliphatic hydroxyl groups is 1. The van der Waals surface area contributed by atoms with E-state index in [2.05, 4.69) is 13.2 Å². The maximum Gasteiger partial charge on any atom is 0.176 e. The van der Waals surface area contributed by atoms with Crippen molar-refractivity contribution in [2.75, 3.05) is 5.88 Å². The third-order valence-corrected chi connectivity index (χ3v) is 4.96. The van der Waals surface area contributed by atoms with Crippen molar-refractivity contribution in [2.45, 2.75) is 25.4 Å². The zero-order valence-electron chi connectivity index (χ0n) is 10.7. The van der Waals surface area contributed by atoms with Crippen molar-refractivity contribution in [2.24, 2.45) is 17.3 Å². The van der Waals surface area contributed by atoms with E-state index in [4.69, 9.17) is 11.6 Å². The molecule has 18 heavy (non-hydrogen) atoms. The minimum Gasteiger partial charge on any atom is -0.380 e. The highest BCUT2D eigenvalue weighted by Crippen LogP contribution is 2.56. The molecule has 0 amide bonds. The van der Waals surface area contributed by atoms with Gasteiger partial charge in [0.25, 0.3) is 0 Å². The van der Waals surface area contributed by atoms with Gasteiger partial charge in [0.2, 0.25) is 0 Å². The molecule has 4 atom stereocenters. The fraction of sp³-hybridized carbons (Fsp3) is 0.533. The van der Waals surface area contributed by atoms with E-state index in [1.165, 1.54) is 0 Å². The zero-order chi connectivity index (χ0) is 13.6. The molecular formula is C15H19ClO2. The van der Waals surface area contributed by atoms with Crippen LogP contribution in [0.4, 0.5) is 0 Å². The molecule has 3 aliphatic rings. The maximum absolute atomic E-state index is 12.7. The zero-order valence-corrected chi connectivity index (χ0v) is 11.4. The molecule has 0 aromatic heterocycles. The van der Waals surface area contributed by atoms with Crippen LogP contribution in [0.2, 0.25) is 0 Å². The Morgan fingerprint density at radius 1 is 1.61 bits per heavy atom. The second-order valence-electron chi connectivity index (χ2n) is 5.44. The lowest BCUT2D eigenvalue weighted by molar-refractivity contribution is -0.159. The largest absolute Gasteiger partial charge is 0.380 e. The summed E-state index contributed by atoms with van der Waals surface area (Å²) in [6.07, 6.45) is 6.81. The van der Waals surface area contributed by atoms with Gasteiger partial charge in [-0.3, -0.25) is 4.79 Å². The number of carbonyl (C=O) groups is 1. The van der Waals surface area contributed by atoms with Crippen LogP contribution in [-0.2, 0) is 4.79 Å². The number of allylic oxidation sites excluding steroid dienone is 3. The van der Waals surface area contributed by atoms with Crippen molar-refractivity contribution < 1.29 is 9.90 Å². The topological polar surface area (TPSA) is 37.3 Å². The quantitative estimate of drug-likeness (QED) is 0.628. The van der Waals surface area contributed by atoms with Gasteiger partial charge in [-0.15, -0.1) is 24.8 Å². The molecule has 0 unspecified atom stereocenters. The van der Waals surface area contributed by atoms with Gasteiger partial charge in [0, 0.05) is 5.92 Å². The monoisotopic (exact) mass is 266 g/mol. The van der Waals surface area contributed by atoms with Gasteiger partial charge >= 0.3 is 0 Å². The van der Waals surface area contributed by atoms with Gasteiger partial charge in [0.05, 0.1) is 11.3 Å². The van der Waals surface area contributed by atoms with Gasteiger partial charge in [-0.2, -0.15) is 0 Å². The molecule has 3 aliphatic carbocycles. The molecule has 1 saturated carbocycles. The fourth-order valence-corrected chi connectivity index (χ4v) is 3.94. The Labute approximate surface area is 113 Å². The highest BCUT2D eigenvalue weighted by Gasteiger charge is 2.62. The Kier molecular flexibility index (Phi) is 3.28. The van der Waals surface area contributed by atoms with Crippen molar-refractivity contribution in [3.63, 3.8) is 0 Å². The fourth-order valence-electron chi connectivity index (χ4n) is 3.63. The summed E-state index contributed by atoms with van der Waals surface area (Å²) in [6.45, 7) is 9.53. The first kappa shape index (κ1) is 13.6. The van der Waals surface area contributed by atoms with Crippen LogP contribution in [0.1, 0.15) is 19.8 Å². The number of alkyl halides is 1. The summed E-state index contributed by atoms with van der Waals surface area (Å²) in [5, 5.41) is 10.6. The van der Waals surface area contributed by atoms with Gasteiger partial charge in [0.1, 0.15) is 5.60 Å². The predicted octanol–water partition coefficient (Wildman–Crippen LogP) is 2.87. The molecule has 1 N–H and O–H groups in total. The predicted molar refractivity (Wildman–Crippen MR) is 73.5 cm³/mol. The van der Waals surface area contributed by atoms with Crippen molar-refractivity contribution in [1.29, 1.82) is 0 Å². The second kappa shape index (κ2) is 4.36. The lowest BCUT2D eigenvalue weighted by Gasteiger charge is -2.54. The summed E-state index contributed by atoms with van der Waals surface area (Å²) in [5.41, 5.74) is -1.08. The molecule has 0 aromatic rings. The maximum atomic E-state index is 12.7. The first-order valence-corrected chi connectivity index (χ1v) is 6.75. The van der Waals surface area contributed by atoms with Gasteiger partial charge in [-0.1, -0.05) is 23.8 Å². The molecule has 3 heteroatoms. The lowest BCUT2D eigenvalue weighted by Crippen LogP contribution is -2.64. The number of fused-ring (bicyclic) bond motifs is 2. The van der Waals surface area contributed by atoms with Crippen LogP contribution in [0.3, 0.4) is 0 Å². The van der Waals surface area contributed by atoms with E-state index in [0.717, 1.165) is 12.0 Å². The highest BCUT2D eigenvalue weighted by molar-refractivity contribution is 6.21. The minimum absolute atomic E-state index is 0.0512. The molecule has 1 fully saturated rings. The summed E-state index contributed by atoms with van der Waals surface area (Å²) in [7, 11) is 0. The van der Waals surface area contributed by atoms with Crippen molar-refractivity contribution in [3.8, 4) is 0 Å². The Balaban J connectivity index is 2.62. The summed E-state index contributed by atoms with van der Waals surface area (Å²) < 4.78 is 0. The van der Waals surface area contributed by atoms with E-state index in [1.54, 1.807) is 6.08 Å². The Hall–Kier alpha value is -0.860. The molecule has 0 aromatic carbocycles. The van der Waals surface area contributed by atoms with Crippen molar-refractivity contribution in [1.82, 2.24) is 0 Å². The summed E-state index contributed by atoms with van der Waals surface area (Å²) >= 11 is 5.88. The van der Waals surface area contributed by atoms with E-state index >= 15 is 0 Å². The van der Waals surface area contributed by atoms with Gasteiger partial charge < -0.3 is 5.11 Å². The number of halogens is 1. The number of hydrogen-bond donors (Lipinski definition) is 1. The first-order chi connectivity index (χ1) is 8.46. The molecule has 0 heterocycles. The highest BCUT2D eigenvalue weighted by atomic mass is 35.5. The molecule has 2 bridgehead atoms. The summed E-state index contributed by atoms with van der Waals surface area (Å²) in [4.78, 5) is 12.7. The van der Waals surface area contributed by atoms with Crippen LogP contribution in [0.15, 0.2) is 37.0 Å².